The molecule has 0 spiro atoms. The van der Waals surface area contributed by atoms with Gasteiger partial charge in [0.2, 0.25) is 0 Å². The van der Waals surface area contributed by atoms with E-state index in [-0.39, 0.29) is 12.2 Å². The van der Waals surface area contributed by atoms with Gasteiger partial charge in [0.25, 0.3) is 5.91 Å². The summed E-state index contributed by atoms with van der Waals surface area (Å²) in [5.74, 6) is -1.28. The number of aromatic nitrogens is 1. The molecule has 0 saturated heterocycles. The van der Waals surface area contributed by atoms with Gasteiger partial charge in [-0.1, -0.05) is 29.8 Å². The van der Waals surface area contributed by atoms with Crippen LogP contribution in [0.15, 0.2) is 35.1 Å². The standard InChI is InChI=1S/C14H13ClN2O4/c1-9-13(16-8-21-9)14(20)17(7-12(18)19)6-10-4-2-3-5-11(10)15/h2-5,8H,6-7H2,1H3,(H,18,19). The minimum absolute atomic E-state index is 0.0805. The molecule has 0 aliphatic heterocycles. The molecule has 0 unspecified atom stereocenters. The molecule has 7 heteroatoms. The average Bonchev–Trinajstić information content (AvgIpc) is 2.85. The molecule has 6 nitrogen and oxygen atoms in total. The molecule has 0 aliphatic rings. The number of aryl methyl sites for hydroxylation is 1. The van der Waals surface area contributed by atoms with Crippen molar-refractivity contribution in [2.75, 3.05) is 6.54 Å². The van der Waals surface area contributed by atoms with Gasteiger partial charge >= 0.3 is 5.97 Å². The zero-order valence-corrected chi connectivity index (χ0v) is 12.0. The van der Waals surface area contributed by atoms with Crippen LogP contribution in [0.5, 0.6) is 0 Å². The van der Waals surface area contributed by atoms with Crippen molar-refractivity contribution in [3.8, 4) is 0 Å². The van der Waals surface area contributed by atoms with Crippen molar-refractivity contribution in [1.29, 1.82) is 0 Å². The maximum atomic E-state index is 12.4. The Labute approximate surface area is 126 Å². The predicted octanol–water partition coefficient (Wildman–Crippen LogP) is 2.36. The number of oxazole rings is 1. The van der Waals surface area contributed by atoms with Crippen LogP contribution in [0.25, 0.3) is 0 Å². The van der Waals surface area contributed by atoms with E-state index in [0.717, 1.165) is 11.3 Å². The second-order valence-corrected chi connectivity index (χ2v) is 4.81. The van der Waals surface area contributed by atoms with E-state index in [1.165, 1.54) is 0 Å². The Hall–Kier alpha value is -2.34. The van der Waals surface area contributed by atoms with Crippen LogP contribution in [-0.4, -0.2) is 33.4 Å². The molecule has 1 N–H and O–H groups in total. The Morgan fingerprint density at radius 2 is 2.10 bits per heavy atom. The SMILES string of the molecule is Cc1ocnc1C(=O)N(CC(=O)O)Cc1ccccc1Cl. The molecule has 0 radical (unpaired) electrons. The Morgan fingerprint density at radius 1 is 1.38 bits per heavy atom. The molecule has 0 fully saturated rings. The van der Waals surface area contributed by atoms with E-state index >= 15 is 0 Å². The fourth-order valence-electron chi connectivity index (χ4n) is 1.86. The lowest BCUT2D eigenvalue weighted by molar-refractivity contribution is -0.137. The maximum absolute atomic E-state index is 12.4. The van der Waals surface area contributed by atoms with Gasteiger partial charge in [-0.3, -0.25) is 9.59 Å². The first-order valence-corrected chi connectivity index (χ1v) is 6.51. The lowest BCUT2D eigenvalue weighted by Gasteiger charge is -2.20. The van der Waals surface area contributed by atoms with Crippen LogP contribution in [0, 0.1) is 6.92 Å². The summed E-state index contributed by atoms with van der Waals surface area (Å²) in [4.78, 5) is 28.3. The highest BCUT2D eigenvalue weighted by atomic mass is 35.5. The van der Waals surface area contributed by atoms with Gasteiger partial charge in [0, 0.05) is 11.6 Å². The first-order chi connectivity index (χ1) is 9.99. The predicted molar refractivity (Wildman–Crippen MR) is 75.1 cm³/mol. The second kappa shape index (κ2) is 6.41. The fraction of sp³-hybridized carbons (Fsp3) is 0.214. The van der Waals surface area contributed by atoms with Gasteiger partial charge < -0.3 is 14.4 Å². The Bertz CT molecular complexity index is 668. The topological polar surface area (TPSA) is 83.6 Å². The van der Waals surface area contributed by atoms with Crippen LogP contribution in [0.4, 0.5) is 0 Å². The first kappa shape index (κ1) is 15.1. The van der Waals surface area contributed by atoms with Crippen molar-refractivity contribution in [3.05, 3.63) is 52.7 Å². The number of hydrogen-bond donors (Lipinski definition) is 1. The number of halogens is 1. The lowest BCUT2D eigenvalue weighted by atomic mass is 10.2. The summed E-state index contributed by atoms with van der Waals surface area (Å²) in [5.41, 5.74) is 0.762. The fourth-order valence-corrected chi connectivity index (χ4v) is 2.05. The van der Waals surface area contributed by atoms with Crippen LogP contribution in [0.2, 0.25) is 5.02 Å². The van der Waals surface area contributed by atoms with Crippen LogP contribution < -0.4 is 0 Å². The second-order valence-electron chi connectivity index (χ2n) is 4.40. The highest BCUT2D eigenvalue weighted by molar-refractivity contribution is 6.31. The van der Waals surface area contributed by atoms with Gasteiger partial charge in [-0.25, -0.2) is 4.98 Å². The van der Waals surface area contributed by atoms with Crippen molar-refractivity contribution in [3.63, 3.8) is 0 Å². The highest BCUT2D eigenvalue weighted by Crippen LogP contribution is 2.18. The number of aliphatic carboxylic acids is 1. The maximum Gasteiger partial charge on any atom is 0.323 e. The number of nitrogens with zero attached hydrogens (tertiary/aromatic N) is 2. The molecule has 0 saturated carbocycles. The monoisotopic (exact) mass is 308 g/mol. The molecule has 2 rings (SSSR count). The largest absolute Gasteiger partial charge is 0.480 e. The normalized spacial score (nSPS) is 10.4. The van der Waals surface area contributed by atoms with Crippen LogP contribution in [0.3, 0.4) is 0 Å². The quantitative estimate of drug-likeness (QED) is 0.916. The Balaban J connectivity index is 2.27. The summed E-state index contributed by atoms with van der Waals surface area (Å²) < 4.78 is 4.98. The molecule has 1 heterocycles. The summed E-state index contributed by atoms with van der Waals surface area (Å²) in [6.07, 6.45) is 1.15. The lowest BCUT2D eigenvalue weighted by Crippen LogP contribution is -2.35. The van der Waals surface area contributed by atoms with E-state index < -0.39 is 18.4 Å². The van der Waals surface area contributed by atoms with Crippen molar-refractivity contribution < 1.29 is 19.1 Å². The molecule has 0 atom stereocenters. The van der Waals surface area contributed by atoms with Crippen molar-refractivity contribution in [2.45, 2.75) is 13.5 Å². The Kier molecular flexibility index (Phi) is 4.59. The number of benzene rings is 1. The number of hydrogen-bond acceptors (Lipinski definition) is 4. The van der Waals surface area contributed by atoms with Gasteiger partial charge in [-0.15, -0.1) is 0 Å². The van der Waals surface area contributed by atoms with Crippen LogP contribution in [-0.2, 0) is 11.3 Å². The molecular weight excluding hydrogens is 296 g/mol. The summed E-state index contributed by atoms with van der Waals surface area (Å²) in [5, 5.41) is 9.45. The molecule has 0 aliphatic carbocycles. The summed E-state index contributed by atoms with van der Waals surface area (Å²) in [6, 6.07) is 6.95. The third kappa shape index (κ3) is 3.61. The summed E-state index contributed by atoms with van der Waals surface area (Å²) in [7, 11) is 0. The van der Waals surface area contributed by atoms with E-state index in [4.69, 9.17) is 21.1 Å². The highest BCUT2D eigenvalue weighted by Gasteiger charge is 2.23. The van der Waals surface area contributed by atoms with E-state index in [9.17, 15) is 9.59 Å². The minimum atomic E-state index is -1.11. The minimum Gasteiger partial charge on any atom is -0.480 e. The molecule has 1 aromatic heterocycles. The van der Waals surface area contributed by atoms with Crippen LogP contribution >= 0.6 is 11.6 Å². The zero-order chi connectivity index (χ0) is 15.4. The number of rotatable bonds is 5. The van der Waals surface area contributed by atoms with Gasteiger partial charge in [-0.2, -0.15) is 0 Å². The van der Waals surface area contributed by atoms with E-state index in [1.54, 1.807) is 31.2 Å². The van der Waals surface area contributed by atoms with Crippen molar-refractivity contribution >= 4 is 23.5 Å². The van der Waals surface area contributed by atoms with Crippen molar-refractivity contribution in [1.82, 2.24) is 9.88 Å². The van der Waals surface area contributed by atoms with Gasteiger partial charge in [-0.05, 0) is 18.6 Å². The van der Waals surface area contributed by atoms with Gasteiger partial charge in [0.15, 0.2) is 12.1 Å². The van der Waals surface area contributed by atoms with E-state index in [2.05, 4.69) is 4.98 Å². The molecule has 21 heavy (non-hydrogen) atoms. The number of carboxylic acids is 1. The Morgan fingerprint density at radius 3 is 2.67 bits per heavy atom. The van der Waals surface area contributed by atoms with Gasteiger partial charge in [0.1, 0.15) is 12.3 Å². The number of carbonyl (C=O) groups is 2. The molecule has 1 amide bonds. The molecule has 0 bridgehead atoms. The van der Waals surface area contributed by atoms with Gasteiger partial charge in [0.05, 0.1) is 0 Å². The number of carboxylic acid groups (broad SMARTS) is 1. The average molecular weight is 309 g/mol. The molecule has 110 valence electrons. The third-order valence-electron chi connectivity index (χ3n) is 2.88. The third-order valence-corrected chi connectivity index (χ3v) is 3.25. The van der Waals surface area contributed by atoms with Crippen LogP contribution in [0.1, 0.15) is 21.8 Å². The van der Waals surface area contributed by atoms with E-state index in [1.807, 2.05) is 0 Å². The molecular formula is C14H13ClN2O4. The number of carbonyl (C=O) groups excluding carboxylic acids is 1. The van der Waals surface area contributed by atoms with Crippen molar-refractivity contribution in [2.24, 2.45) is 0 Å². The summed E-state index contributed by atoms with van der Waals surface area (Å²) >= 11 is 6.05. The summed E-state index contributed by atoms with van der Waals surface area (Å²) in [6.45, 7) is 1.22. The zero-order valence-electron chi connectivity index (χ0n) is 11.2. The first-order valence-electron chi connectivity index (χ1n) is 6.13. The smallest absolute Gasteiger partial charge is 0.323 e. The molecule has 1 aromatic carbocycles. The molecule has 2 aromatic rings. The number of amides is 1. The van der Waals surface area contributed by atoms with E-state index in [0.29, 0.717) is 16.3 Å².